The SMILES string of the molecule is CN=C(NCc1ccccc1CN1CCCCCC1)NC1CC=CC1.I. The van der Waals surface area contributed by atoms with Crippen LogP contribution in [0.15, 0.2) is 41.4 Å². The lowest BCUT2D eigenvalue weighted by Crippen LogP contribution is -2.42. The van der Waals surface area contributed by atoms with Gasteiger partial charge in [0.1, 0.15) is 0 Å². The van der Waals surface area contributed by atoms with Gasteiger partial charge < -0.3 is 10.6 Å². The minimum atomic E-state index is 0. The average Bonchev–Trinajstić information content (AvgIpc) is 3.02. The number of hydrogen-bond acceptors (Lipinski definition) is 2. The van der Waals surface area contributed by atoms with E-state index in [9.17, 15) is 0 Å². The summed E-state index contributed by atoms with van der Waals surface area (Å²) in [6.07, 6.45) is 12.1. The van der Waals surface area contributed by atoms with Crippen molar-refractivity contribution in [1.29, 1.82) is 0 Å². The van der Waals surface area contributed by atoms with Crippen LogP contribution in [-0.2, 0) is 13.1 Å². The summed E-state index contributed by atoms with van der Waals surface area (Å²) in [6.45, 7) is 4.36. The molecule has 0 spiro atoms. The lowest BCUT2D eigenvalue weighted by atomic mass is 10.1. The number of halogens is 1. The van der Waals surface area contributed by atoms with Crippen LogP contribution in [0.5, 0.6) is 0 Å². The molecular formula is C21H33IN4. The van der Waals surface area contributed by atoms with Crippen LogP contribution in [0.2, 0.25) is 0 Å². The highest BCUT2D eigenvalue weighted by Gasteiger charge is 2.13. The van der Waals surface area contributed by atoms with E-state index in [0.29, 0.717) is 6.04 Å². The first-order valence-electron chi connectivity index (χ1n) is 9.76. The maximum absolute atomic E-state index is 4.38. The monoisotopic (exact) mass is 468 g/mol. The third-order valence-electron chi connectivity index (χ3n) is 5.23. The van der Waals surface area contributed by atoms with Gasteiger partial charge in [-0.2, -0.15) is 0 Å². The fourth-order valence-electron chi connectivity index (χ4n) is 3.72. The van der Waals surface area contributed by atoms with Gasteiger partial charge in [-0.25, -0.2) is 0 Å². The van der Waals surface area contributed by atoms with Crippen LogP contribution in [-0.4, -0.2) is 37.0 Å². The minimum Gasteiger partial charge on any atom is -0.353 e. The van der Waals surface area contributed by atoms with Crippen molar-refractivity contribution in [3.8, 4) is 0 Å². The Hall–Kier alpha value is -1.08. The van der Waals surface area contributed by atoms with E-state index in [1.54, 1.807) is 0 Å². The topological polar surface area (TPSA) is 39.7 Å². The third kappa shape index (κ3) is 6.58. The molecule has 0 aromatic heterocycles. The van der Waals surface area contributed by atoms with Crippen molar-refractivity contribution in [3.05, 3.63) is 47.5 Å². The normalized spacial score (nSPS) is 19.0. The summed E-state index contributed by atoms with van der Waals surface area (Å²) < 4.78 is 0. The molecule has 2 N–H and O–H groups in total. The molecule has 5 heteroatoms. The molecule has 1 saturated heterocycles. The summed E-state index contributed by atoms with van der Waals surface area (Å²) in [6, 6.07) is 9.30. The minimum absolute atomic E-state index is 0. The van der Waals surface area contributed by atoms with E-state index in [4.69, 9.17) is 0 Å². The second-order valence-corrected chi connectivity index (χ2v) is 7.17. The Morgan fingerprint density at radius 3 is 2.35 bits per heavy atom. The van der Waals surface area contributed by atoms with E-state index in [-0.39, 0.29) is 24.0 Å². The highest BCUT2D eigenvalue weighted by molar-refractivity contribution is 14.0. The smallest absolute Gasteiger partial charge is 0.191 e. The molecule has 0 radical (unpaired) electrons. The van der Waals surface area contributed by atoms with Crippen molar-refractivity contribution in [1.82, 2.24) is 15.5 Å². The second kappa shape index (κ2) is 11.6. The molecule has 1 fully saturated rings. The zero-order valence-electron chi connectivity index (χ0n) is 15.9. The quantitative estimate of drug-likeness (QED) is 0.296. The number of aliphatic imine (C=N–C) groups is 1. The van der Waals surface area contributed by atoms with E-state index in [2.05, 4.69) is 56.9 Å². The standard InChI is InChI=1S/C21H32N4.HI/c1-22-21(24-20-12-6-7-13-20)23-16-18-10-4-5-11-19(18)17-25-14-8-2-3-9-15-25;/h4-7,10-11,20H,2-3,8-9,12-17H2,1H3,(H2,22,23,24);1H. The number of rotatable bonds is 5. The zero-order valence-corrected chi connectivity index (χ0v) is 18.2. The fourth-order valence-corrected chi connectivity index (χ4v) is 3.72. The van der Waals surface area contributed by atoms with Gasteiger partial charge in [-0.05, 0) is 49.9 Å². The van der Waals surface area contributed by atoms with Crippen molar-refractivity contribution >= 4 is 29.9 Å². The zero-order chi connectivity index (χ0) is 17.3. The lowest BCUT2D eigenvalue weighted by Gasteiger charge is -2.22. The highest BCUT2D eigenvalue weighted by atomic mass is 127. The molecule has 3 rings (SSSR count). The Bertz CT molecular complexity index is 583. The molecule has 0 bridgehead atoms. The molecule has 2 aliphatic rings. The third-order valence-corrected chi connectivity index (χ3v) is 5.23. The van der Waals surface area contributed by atoms with Crippen molar-refractivity contribution in [2.45, 2.75) is 57.7 Å². The molecule has 1 aromatic rings. The van der Waals surface area contributed by atoms with Gasteiger partial charge >= 0.3 is 0 Å². The van der Waals surface area contributed by atoms with Crippen LogP contribution in [0.1, 0.15) is 49.7 Å². The van der Waals surface area contributed by atoms with Crippen molar-refractivity contribution < 1.29 is 0 Å². The number of hydrogen-bond donors (Lipinski definition) is 2. The predicted octanol–water partition coefficient (Wildman–Crippen LogP) is 4.06. The molecule has 0 saturated carbocycles. The number of nitrogens with zero attached hydrogens (tertiary/aromatic N) is 2. The highest BCUT2D eigenvalue weighted by Crippen LogP contribution is 2.16. The molecule has 26 heavy (non-hydrogen) atoms. The van der Waals surface area contributed by atoms with E-state index in [0.717, 1.165) is 31.9 Å². The number of guanidine groups is 1. The molecule has 4 nitrogen and oxygen atoms in total. The molecule has 1 aliphatic heterocycles. The first-order chi connectivity index (χ1) is 12.3. The van der Waals surface area contributed by atoms with E-state index in [1.165, 1.54) is 49.9 Å². The molecule has 0 atom stereocenters. The molecule has 0 amide bonds. The molecule has 1 heterocycles. The van der Waals surface area contributed by atoms with Crippen molar-refractivity contribution in [3.63, 3.8) is 0 Å². The summed E-state index contributed by atoms with van der Waals surface area (Å²) >= 11 is 0. The molecule has 0 unspecified atom stereocenters. The summed E-state index contributed by atoms with van der Waals surface area (Å²) in [4.78, 5) is 6.99. The Morgan fingerprint density at radius 1 is 1.04 bits per heavy atom. The van der Waals surface area contributed by atoms with Crippen LogP contribution in [0, 0.1) is 0 Å². The van der Waals surface area contributed by atoms with Crippen LogP contribution < -0.4 is 10.6 Å². The predicted molar refractivity (Wildman–Crippen MR) is 121 cm³/mol. The number of nitrogens with one attached hydrogen (secondary N) is 2. The van der Waals surface area contributed by atoms with Crippen LogP contribution in [0.3, 0.4) is 0 Å². The Kier molecular flexibility index (Phi) is 9.46. The maximum Gasteiger partial charge on any atom is 0.191 e. The average molecular weight is 468 g/mol. The van der Waals surface area contributed by atoms with Gasteiger partial charge in [0, 0.05) is 26.2 Å². The van der Waals surface area contributed by atoms with Crippen LogP contribution in [0.25, 0.3) is 0 Å². The first-order valence-corrected chi connectivity index (χ1v) is 9.76. The first kappa shape index (κ1) is 21.2. The van der Waals surface area contributed by atoms with Gasteiger partial charge in [-0.3, -0.25) is 9.89 Å². The summed E-state index contributed by atoms with van der Waals surface area (Å²) in [5, 5.41) is 7.01. The molecular weight excluding hydrogens is 435 g/mol. The van der Waals surface area contributed by atoms with E-state index in [1.807, 2.05) is 7.05 Å². The van der Waals surface area contributed by atoms with Gasteiger partial charge in [0.2, 0.25) is 0 Å². The lowest BCUT2D eigenvalue weighted by molar-refractivity contribution is 0.276. The van der Waals surface area contributed by atoms with Gasteiger partial charge in [-0.1, -0.05) is 49.3 Å². The fraction of sp³-hybridized carbons (Fsp3) is 0.571. The maximum atomic E-state index is 4.38. The largest absolute Gasteiger partial charge is 0.353 e. The Labute approximate surface area is 175 Å². The number of likely N-dealkylation sites (tertiary alicyclic amines) is 1. The Balaban J connectivity index is 0.00000243. The van der Waals surface area contributed by atoms with E-state index >= 15 is 0 Å². The van der Waals surface area contributed by atoms with Crippen molar-refractivity contribution in [2.75, 3.05) is 20.1 Å². The molecule has 144 valence electrons. The summed E-state index contributed by atoms with van der Waals surface area (Å²) in [5.74, 6) is 0.901. The van der Waals surface area contributed by atoms with Gasteiger partial charge in [-0.15, -0.1) is 24.0 Å². The van der Waals surface area contributed by atoms with Crippen molar-refractivity contribution in [2.24, 2.45) is 4.99 Å². The number of benzene rings is 1. The van der Waals surface area contributed by atoms with Gasteiger partial charge in [0.15, 0.2) is 5.96 Å². The summed E-state index contributed by atoms with van der Waals surface area (Å²) in [5.41, 5.74) is 2.81. The van der Waals surface area contributed by atoms with Crippen LogP contribution in [0.4, 0.5) is 0 Å². The van der Waals surface area contributed by atoms with Gasteiger partial charge in [0.05, 0.1) is 0 Å². The Morgan fingerprint density at radius 2 is 1.69 bits per heavy atom. The van der Waals surface area contributed by atoms with Crippen LogP contribution >= 0.6 is 24.0 Å². The summed E-state index contributed by atoms with van der Waals surface area (Å²) in [7, 11) is 1.85. The molecule has 1 aliphatic carbocycles. The molecule has 1 aromatic carbocycles. The van der Waals surface area contributed by atoms with Gasteiger partial charge in [0.25, 0.3) is 0 Å². The second-order valence-electron chi connectivity index (χ2n) is 7.17. The van der Waals surface area contributed by atoms with E-state index < -0.39 is 0 Å².